The molecule has 176 valence electrons. The molecule has 0 aliphatic carbocycles. The molecule has 0 unspecified atom stereocenters. The maximum Gasteiger partial charge on any atom is 0.243 e. The number of hydrogen-bond acceptors (Lipinski definition) is 7. The Hall–Kier alpha value is -3.18. The molecule has 4 rings (SSSR count). The van der Waals surface area contributed by atoms with E-state index in [1.807, 2.05) is 0 Å². The summed E-state index contributed by atoms with van der Waals surface area (Å²) in [5.74, 6) is 0.899. The van der Waals surface area contributed by atoms with Crippen molar-refractivity contribution in [3.05, 3.63) is 36.4 Å². The number of sulfonamides is 1. The zero-order chi connectivity index (χ0) is 23.4. The summed E-state index contributed by atoms with van der Waals surface area (Å²) in [6, 6.07) is 9.96. The molecule has 0 radical (unpaired) electrons. The molecular weight excluding hydrogens is 446 g/mol. The van der Waals surface area contributed by atoms with E-state index in [-0.39, 0.29) is 23.8 Å². The summed E-state index contributed by atoms with van der Waals surface area (Å²) in [6.45, 7) is 1.37. The molecule has 0 bridgehead atoms. The number of rotatable bonds is 8. The summed E-state index contributed by atoms with van der Waals surface area (Å²) >= 11 is 0. The van der Waals surface area contributed by atoms with E-state index >= 15 is 0 Å². The van der Waals surface area contributed by atoms with Gasteiger partial charge in [-0.25, -0.2) is 13.1 Å². The Morgan fingerprint density at radius 3 is 2.58 bits per heavy atom. The van der Waals surface area contributed by atoms with Crippen LogP contribution < -0.4 is 14.8 Å². The first-order chi connectivity index (χ1) is 15.9. The van der Waals surface area contributed by atoms with Gasteiger partial charge in [0.15, 0.2) is 0 Å². The van der Waals surface area contributed by atoms with E-state index in [1.165, 1.54) is 11.4 Å². The molecule has 11 heteroatoms. The number of aryl methyl sites for hydroxylation is 1. The van der Waals surface area contributed by atoms with E-state index in [4.69, 9.17) is 9.47 Å². The number of carbonyl (C=O) groups excluding carboxylic acids is 1. The van der Waals surface area contributed by atoms with Gasteiger partial charge in [0.1, 0.15) is 17.0 Å². The summed E-state index contributed by atoms with van der Waals surface area (Å²) in [5, 5.41) is 11.0. The Labute approximate surface area is 192 Å². The fourth-order valence-corrected chi connectivity index (χ4v) is 5.40. The van der Waals surface area contributed by atoms with Gasteiger partial charge in [-0.3, -0.25) is 4.79 Å². The molecule has 0 saturated carbocycles. The van der Waals surface area contributed by atoms with Crippen LogP contribution in [-0.2, 0) is 21.4 Å². The van der Waals surface area contributed by atoms with Gasteiger partial charge >= 0.3 is 0 Å². The third kappa shape index (κ3) is 4.93. The smallest absolute Gasteiger partial charge is 0.243 e. The zero-order valence-electron chi connectivity index (χ0n) is 18.7. The molecule has 1 aliphatic rings. The molecule has 10 nitrogen and oxygen atoms in total. The van der Waals surface area contributed by atoms with E-state index in [9.17, 15) is 13.2 Å². The van der Waals surface area contributed by atoms with Crippen molar-refractivity contribution < 1.29 is 22.7 Å². The summed E-state index contributed by atoms with van der Waals surface area (Å²) in [5.41, 5.74) is 1.65. The molecule has 2 heterocycles. The van der Waals surface area contributed by atoms with Gasteiger partial charge in [-0.05, 0) is 43.2 Å². The predicted octanol–water partition coefficient (Wildman–Crippen LogP) is 2.65. The highest BCUT2D eigenvalue weighted by Gasteiger charge is 2.26. The molecule has 1 N–H and O–H groups in total. The number of amides is 1. The lowest BCUT2D eigenvalue weighted by Crippen LogP contribution is -2.35. The normalized spacial score (nSPS) is 14.8. The van der Waals surface area contributed by atoms with E-state index in [1.54, 1.807) is 48.2 Å². The Morgan fingerprint density at radius 1 is 1.06 bits per heavy atom. The molecule has 2 aromatic carbocycles. The Bertz CT molecular complexity index is 1250. The Kier molecular flexibility index (Phi) is 6.80. The minimum absolute atomic E-state index is 0.145. The van der Waals surface area contributed by atoms with Crippen LogP contribution in [0.1, 0.15) is 25.7 Å². The maximum atomic E-state index is 12.9. The van der Waals surface area contributed by atoms with Gasteiger partial charge in [0, 0.05) is 25.6 Å². The number of nitrogens with zero attached hydrogens (tertiary/aromatic N) is 4. The third-order valence-corrected chi connectivity index (χ3v) is 7.56. The molecule has 1 aromatic heterocycles. The van der Waals surface area contributed by atoms with Gasteiger partial charge in [0.25, 0.3) is 0 Å². The Balaban J connectivity index is 1.45. The van der Waals surface area contributed by atoms with Crippen molar-refractivity contribution >= 4 is 32.7 Å². The summed E-state index contributed by atoms with van der Waals surface area (Å²) in [7, 11) is -0.472. The van der Waals surface area contributed by atoms with Crippen molar-refractivity contribution in [2.75, 3.05) is 32.6 Å². The van der Waals surface area contributed by atoms with Crippen molar-refractivity contribution in [2.45, 2.75) is 37.1 Å². The largest absolute Gasteiger partial charge is 0.497 e. The van der Waals surface area contributed by atoms with E-state index in [0.717, 1.165) is 19.3 Å². The fourth-order valence-electron chi connectivity index (χ4n) is 3.86. The van der Waals surface area contributed by atoms with Crippen LogP contribution in [0.4, 0.5) is 5.69 Å². The van der Waals surface area contributed by atoms with Crippen LogP contribution in [0.15, 0.2) is 41.3 Å². The van der Waals surface area contributed by atoms with Gasteiger partial charge in [-0.1, -0.05) is 11.6 Å². The fraction of sp³-hybridized carbons (Fsp3) is 0.409. The number of fused-ring (bicyclic) bond motifs is 1. The number of methoxy groups -OCH3 is 2. The Morgan fingerprint density at radius 2 is 1.85 bits per heavy atom. The highest BCUT2D eigenvalue weighted by atomic mass is 32.2. The van der Waals surface area contributed by atoms with E-state index in [2.05, 4.69) is 15.6 Å². The molecular formula is C22H27N5O5S. The lowest BCUT2D eigenvalue weighted by molar-refractivity contribution is -0.116. The molecule has 1 aliphatic heterocycles. The summed E-state index contributed by atoms with van der Waals surface area (Å²) in [6.07, 6.45) is 2.95. The highest BCUT2D eigenvalue weighted by Crippen LogP contribution is 2.29. The van der Waals surface area contributed by atoms with E-state index in [0.29, 0.717) is 41.3 Å². The van der Waals surface area contributed by atoms with Crippen LogP contribution in [0.5, 0.6) is 11.5 Å². The van der Waals surface area contributed by atoms with Crippen LogP contribution in [0.25, 0.3) is 11.0 Å². The standard InChI is InChI=1S/C22H27N5O5S/c1-31-16-6-9-21(32-2)19(14-16)23-22(28)10-13-27-20-8-7-17(15-18(20)24-25-27)33(29,30)26-11-4-3-5-12-26/h6-9,14-15H,3-5,10-13H2,1-2H3,(H,23,28). The molecule has 1 saturated heterocycles. The van der Waals surface area contributed by atoms with Gasteiger partial charge in [-0.15, -0.1) is 5.10 Å². The first-order valence-corrected chi connectivity index (χ1v) is 12.2. The number of piperidine rings is 1. The SMILES string of the molecule is COc1ccc(OC)c(NC(=O)CCn2nnc3cc(S(=O)(=O)N4CCCCC4)ccc32)c1. The topological polar surface area (TPSA) is 116 Å². The average Bonchev–Trinajstić information content (AvgIpc) is 3.25. The number of hydrogen-bond donors (Lipinski definition) is 1. The monoisotopic (exact) mass is 473 g/mol. The van der Waals surface area contributed by atoms with Crippen molar-refractivity contribution in [1.82, 2.24) is 19.3 Å². The van der Waals surface area contributed by atoms with Crippen molar-refractivity contribution in [3.8, 4) is 11.5 Å². The van der Waals surface area contributed by atoms with Crippen LogP contribution in [0.3, 0.4) is 0 Å². The molecule has 0 atom stereocenters. The maximum absolute atomic E-state index is 12.9. The van der Waals surface area contributed by atoms with Crippen LogP contribution in [0.2, 0.25) is 0 Å². The minimum Gasteiger partial charge on any atom is -0.497 e. The molecule has 0 spiro atoms. The number of aromatic nitrogens is 3. The number of benzene rings is 2. The average molecular weight is 474 g/mol. The van der Waals surface area contributed by atoms with Gasteiger partial charge < -0.3 is 14.8 Å². The van der Waals surface area contributed by atoms with Gasteiger partial charge in [-0.2, -0.15) is 4.31 Å². The number of ether oxygens (including phenoxy) is 2. The van der Waals surface area contributed by atoms with Gasteiger partial charge in [0.05, 0.1) is 36.9 Å². The second kappa shape index (κ2) is 9.75. The molecule has 3 aromatic rings. The quantitative estimate of drug-likeness (QED) is 0.535. The van der Waals surface area contributed by atoms with Crippen molar-refractivity contribution in [3.63, 3.8) is 0 Å². The number of nitrogens with one attached hydrogen (secondary N) is 1. The molecule has 33 heavy (non-hydrogen) atoms. The van der Waals surface area contributed by atoms with Gasteiger partial charge in [0.2, 0.25) is 15.9 Å². The summed E-state index contributed by atoms with van der Waals surface area (Å²) < 4.78 is 39.5. The zero-order valence-corrected chi connectivity index (χ0v) is 19.5. The second-order valence-electron chi connectivity index (χ2n) is 7.79. The molecule has 1 fully saturated rings. The second-order valence-corrected chi connectivity index (χ2v) is 9.73. The lowest BCUT2D eigenvalue weighted by atomic mass is 10.2. The van der Waals surface area contributed by atoms with E-state index < -0.39 is 10.0 Å². The lowest BCUT2D eigenvalue weighted by Gasteiger charge is -2.25. The number of carbonyl (C=O) groups is 1. The van der Waals surface area contributed by atoms with Crippen LogP contribution in [0, 0.1) is 0 Å². The third-order valence-electron chi connectivity index (χ3n) is 5.67. The highest BCUT2D eigenvalue weighted by molar-refractivity contribution is 7.89. The number of anilines is 1. The molecule has 1 amide bonds. The van der Waals surface area contributed by atoms with Crippen molar-refractivity contribution in [1.29, 1.82) is 0 Å². The minimum atomic E-state index is -3.55. The first-order valence-electron chi connectivity index (χ1n) is 10.8. The predicted molar refractivity (Wildman–Crippen MR) is 123 cm³/mol. The first kappa shape index (κ1) is 23.0. The van der Waals surface area contributed by atoms with Crippen molar-refractivity contribution in [2.24, 2.45) is 0 Å². The summed E-state index contributed by atoms with van der Waals surface area (Å²) in [4.78, 5) is 12.7. The van der Waals surface area contributed by atoms with Crippen LogP contribution >= 0.6 is 0 Å². The van der Waals surface area contributed by atoms with Crippen LogP contribution in [-0.4, -0.2) is 60.9 Å².